The minimum Gasteiger partial charge on any atom is -0.327 e. The Labute approximate surface area is 158 Å². The first-order valence-corrected chi connectivity index (χ1v) is 10.4. The number of halogens is 1. The van der Waals surface area contributed by atoms with Gasteiger partial charge in [0, 0.05) is 12.6 Å². The van der Waals surface area contributed by atoms with Crippen molar-refractivity contribution in [3.63, 3.8) is 0 Å². The average molecular weight is 361 g/mol. The van der Waals surface area contributed by atoms with E-state index in [9.17, 15) is 0 Å². The van der Waals surface area contributed by atoms with Crippen LogP contribution in [0, 0.1) is 0 Å². The van der Waals surface area contributed by atoms with Gasteiger partial charge >= 0.3 is 0 Å². The summed E-state index contributed by atoms with van der Waals surface area (Å²) in [7, 11) is 0. The summed E-state index contributed by atoms with van der Waals surface area (Å²) in [6.07, 6.45) is 24.0. The summed E-state index contributed by atoms with van der Waals surface area (Å²) in [5.41, 5.74) is 5.70. The maximum absolute atomic E-state index is 5.70. The highest BCUT2D eigenvalue weighted by atomic mass is 35.5. The number of nitrogens with one attached hydrogen (secondary N) is 1. The minimum absolute atomic E-state index is 0. The first-order valence-electron chi connectivity index (χ1n) is 10.4. The van der Waals surface area contributed by atoms with Crippen LogP contribution in [0.3, 0.4) is 0 Å². The highest BCUT2D eigenvalue weighted by molar-refractivity contribution is 5.85. The molecule has 0 bridgehead atoms. The molecule has 0 aliphatic heterocycles. The molecule has 0 aromatic rings. The Hall–Kier alpha value is -0.0500. The third-order valence-corrected chi connectivity index (χ3v) is 4.33. The fourth-order valence-electron chi connectivity index (χ4n) is 2.83. The number of allylic oxidation sites excluding steroid dienone is 2. The van der Waals surface area contributed by atoms with Crippen molar-refractivity contribution >= 4 is 12.4 Å². The van der Waals surface area contributed by atoms with Gasteiger partial charge in [-0.1, -0.05) is 76.9 Å². The maximum Gasteiger partial charge on any atom is 0.0136 e. The second-order valence-electron chi connectivity index (χ2n) is 7.12. The summed E-state index contributed by atoms with van der Waals surface area (Å²) in [4.78, 5) is 0. The minimum atomic E-state index is 0. The lowest BCUT2D eigenvalue weighted by Gasteiger charge is -2.06. The number of nitrogens with two attached hydrogens (primary N) is 1. The third kappa shape index (κ3) is 24.2. The summed E-state index contributed by atoms with van der Waals surface area (Å²) in [5, 5.41) is 3.40. The molecule has 0 heterocycles. The van der Waals surface area contributed by atoms with Gasteiger partial charge in [-0.2, -0.15) is 0 Å². The molecule has 2 nitrogen and oxygen atoms in total. The van der Waals surface area contributed by atoms with Gasteiger partial charge in [0.2, 0.25) is 0 Å². The van der Waals surface area contributed by atoms with Crippen molar-refractivity contribution < 1.29 is 0 Å². The smallest absolute Gasteiger partial charge is 0.0136 e. The zero-order valence-corrected chi connectivity index (χ0v) is 17.3. The summed E-state index contributed by atoms with van der Waals surface area (Å²) in [6.45, 7) is 6.41. The van der Waals surface area contributed by atoms with Gasteiger partial charge in [0.05, 0.1) is 0 Å². The van der Waals surface area contributed by atoms with Crippen molar-refractivity contribution in [2.24, 2.45) is 5.73 Å². The van der Waals surface area contributed by atoms with E-state index in [4.69, 9.17) is 5.73 Å². The standard InChI is InChI=1S/C21H44N2.ClH/c1-3-4-5-6-7-8-9-10-11-12-13-14-15-16-17-18-19-23-20-21(2)22;/h10-11,21,23H,3-9,12-20,22H2,1-2H3;1H. The highest BCUT2D eigenvalue weighted by Gasteiger charge is 1.94. The third-order valence-electron chi connectivity index (χ3n) is 4.33. The topological polar surface area (TPSA) is 38.0 Å². The molecular formula is C21H45ClN2. The molecule has 1 atom stereocenters. The Morgan fingerprint density at radius 1 is 0.750 bits per heavy atom. The van der Waals surface area contributed by atoms with Crippen LogP contribution >= 0.6 is 12.4 Å². The molecule has 0 saturated carbocycles. The van der Waals surface area contributed by atoms with E-state index < -0.39 is 0 Å². The molecule has 0 rings (SSSR count). The van der Waals surface area contributed by atoms with Crippen LogP contribution in [-0.4, -0.2) is 19.1 Å². The van der Waals surface area contributed by atoms with Crippen LogP contribution in [0.5, 0.6) is 0 Å². The second kappa shape index (κ2) is 22.9. The number of unbranched alkanes of at least 4 members (excludes halogenated alkanes) is 12. The van der Waals surface area contributed by atoms with E-state index in [1.54, 1.807) is 0 Å². The molecule has 24 heavy (non-hydrogen) atoms. The van der Waals surface area contributed by atoms with Crippen molar-refractivity contribution in [2.75, 3.05) is 13.1 Å². The van der Waals surface area contributed by atoms with E-state index in [1.807, 2.05) is 0 Å². The van der Waals surface area contributed by atoms with Gasteiger partial charge in [0.1, 0.15) is 0 Å². The molecule has 0 fully saturated rings. The van der Waals surface area contributed by atoms with Crippen LogP contribution in [0.4, 0.5) is 0 Å². The van der Waals surface area contributed by atoms with Crippen molar-refractivity contribution in [3.8, 4) is 0 Å². The normalized spacial score (nSPS) is 12.5. The molecule has 0 radical (unpaired) electrons. The summed E-state index contributed by atoms with van der Waals surface area (Å²) in [5.74, 6) is 0. The Morgan fingerprint density at radius 2 is 1.21 bits per heavy atom. The van der Waals surface area contributed by atoms with E-state index in [-0.39, 0.29) is 18.4 Å². The van der Waals surface area contributed by atoms with Gasteiger partial charge < -0.3 is 11.1 Å². The lowest BCUT2D eigenvalue weighted by atomic mass is 10.1. The van der Waals surface area contributed by atoms with Gasteiger partial charge in [0.15, 0.2) is 0 Å². The molecule has 1 unspecified atom stereocenters. The van der Waals surface area contributed by atoms with Crippen LogP contribution in [0.25, 0.3) is 0 Å². The van der Waals surface area contributed by atoms with Crippen molar-refractivity contribution in [2.45, 2.75) is 110 Å². The zero-order valence-electron chi connectivity index (χ0n) is 16.5. The van der Waals surface area contributed by atoms with Crippen LogP contribution < -0.4 is 11.1 Å². The van der Waals surface area contributed by atoms with Gasteiger partial charge in [-0.15, -0.1) is 12.4 Å². The average Bonchev–Trinajstić information content (AvgIpc) is 2.53. The Kier molecular flexibility index (Phi) is 25.0. The fraction of sp³-hybridized carbons (Fsp3) is 0.905. The fourth-order valence-corrected chi connectivity index (χ4v) is 2.83. The van der Waals surface area contributed by atoms with Crippen LogP contribution in [0.15, 0.2) is 12.2 Å². The summed E-state index contributed by atoms with van der Waals surface area (Å²) >= 11 is 0. The molecule has 3 N–H and O–H groups in total. The number of hydrogen-bond donors (Lipinski definition) is 2. The van der Waals surface area contributed by atoms with Crippen molar-refractivity contribution in [1.29, 1.82) is 0 Å². The molecule has 146 valence electrons. The van der Waals surface area contributed by atoms with E-state index >= 15 is 0 Å². The quantitative estimate of drug-likeness (QED) is 0.220. The van der Waals surface area contributed by atoms with Gasteiger partial charge in [-0.3, -0.25) is 0 Å². The van der Waals surface area contributed by atoms with Crippen molar-refractivity contribution in [3.05, 3.63) is 12.2 Å². The molecular weight excluding hydrogens is 316 g/mol. The highest BCUT2D eigenvalue weighted by Crippen LogP contribution is 2.09. The molecule has 0 amide bonds. The van der Waals surface area contributed by atoms with E-state index in [2.05, 4.69) is 31.3 Å². The second-order valence-corrected chi connectivity index (χ2v) is 7.12. The first-order chi connectivity index (χ1) is 11.3. The molecule has 0 saturated heterocycles. The van der Waals surface area contributed by atoms with Crippen LogP contribution in [-0.2, 0) is 0 Å². The molecule has 0 aromatic heterocycles. The van der Waals surface area contributed by atoms with Gasteiger partial charge in [-0.25, -0.2) is 0 Å². The molecule has 3 heteroatoms. The van der Waals surface area contributed by atoms with Crippen LogP contribution in [0.1, 0.15) is 104 Å². The molecule has 0 aliphatic rings. The summed E-state index contributed by atoms with van der Waals surface area (Å²) in [6, 6.07) is 0.282. The van der Waals surface area contributed by atoms with E-state index in [0.717, 1.165) is 13.1 Å². The predicted molar refractivity (Wildman–Crippen MR) is 113 cm³/mol. The maximum atomic E-state index is 5.70. The molecule has 0 aliphatic carbocycles. The van der Waals surface area contributed by atoms with Crippen LogP contribution in [0.2, 0.25) is 0 Å². The number of rotatable bonds is 18. The molecule has 0 spiro atoms. The predicted octanol–water partition coefficient (Wildman–Crippen LogP) is 6.38. The Morgan fingerprint density at radius 3 is 1.71 bits per heavy atom. The Bertz CT molecular complexity index is 242. The lowest BCUT2D eigenvalue weighted by Crippen LogP contribution is -2.31. The zero-order chi connectivity index (χ0) is 17.0. The molecule has 0 aromatic carbocycles. The largest absolute Gasteiger partial charge is 0.327 e. The van der Waals surface area contributed by atoms with Gasteiger partial charge in [0.25, 0.3) is 0 Å². The first kappa shape index (κ1) is 26.2. The number of hydrogen-bond acceptors (Lipinski definition) is 2. The van der Waals surface area contributed by atoms with E-state index in [1.165, 1.54) is 89.9 Å². The lowest BCUT2D eigenvalue weighted by molar-refractivity contribution is 0.548. The van der Waals surface area contributed by atoms with Crippen molar-refractivity contribution in [1.82, 2.24) is 5.32 Å². The van der Waals surface area contributed by atoms with E-state index in [0.29, 0.717) is 0 Å². The monoisotopic (exact) mass is 360 g/mol. The van der Waals surface area contributed by atoms with Gasteiger partial charge in [-0.05, 0) is 45.6 Å². The summed E-state index contributed by atoms with van der Waals surface area (Å²) < 4.78 is 0. The Balaban J connectivity index is 0. The SMILES string of the molecule is CCCCCCCCC=CCCCCCCCCNCC(C)N.Cl.